The summed E-state index contributed by atoms with van der Waals surface area (Å²) in [4.78, 5) is 31.6. The van der Waals surface area contributed by atoms with Crippen molar-refractivity contribution in [2.75, 3.05) is 5.32 Å². The van der Waals surface area contributed by atoms with Gasteiger partial charge in [-0.15, -0.1) is 11.8 Å². The van der Waals surface area contributed by atoms with E-state index in [0.29, 0.717) is 17.0 Å². The summed E-state index contributed by atoms with van der Waals surface area (Å²) in [6.07, 6.45) is 0. The SMILES string of the molecule is O=C(Nc1ccccc1SCc1nc2ccccc2[nH]1)c1ccc([N+](=O)[O-])cc1. The Morgan fingerprint density at radius 2 is 1.76 bits per heavy atom. The van der Waals surface area contributed by atoms with Gasteiger partial charge in [-0.1, -0.05) is 24.3 Å². The first-order valence-electron chi connectivity index (χ1n) is 8.81. The molecule has 144 valence electrons. The summed E-state index contributed by atoms with van der Waals surface area (Å²) >= 11 is 1.56. The largest absolute Gasteiger partial charge is 0.341 e. The molecule has 7 nitrogen and oxygen atoms in total. The molecule has 0 spiro atoms. The van der Waals surface area contributed by atoms with Crippen molar-refractivity contribution in [3.05, 3.63) is 94.3 Å². The van der Waals surface area contributed by atoms with Crippen LogP contribution in [0.1, 0.15) is 16.2 Å². The molecule has 0 aliphatic rings. The predicted molar refractivity (Wildman–Crippen MR) is 113 cm³/mol. The van der Waals surface area contributed by atoms with Crippen LogP contribution in [0.15, 0.2) is 77.7 Å². The maximum Gasteiger partial charge on any atom is 0.269 e. The third kappa shape index (κ3) is 4.27. The normalized spacial score (nSPS) is 10.8. The molecule has 3 aromatic carbocycles. The number of imidazole rings is 1. The highest BCUT2D eigenvalue weighted by Crippen LogP contribution is 2.30. The van der Waals surface area contributed by atoms with Crippen LogP contribution in [0, 0.1) is 10.1 Å². The van der Waals surface area contributed by atoms with Crippen LogP contribution in [0.4, 0.5) is 11.4 Å². The van der Waals surface area contributed by atoms with E-state index in [1.807, 2.05) is 48.5 Å². The van der Waals surface area contributed by atoms with E-state index in [4.69, 9.17) is 0 Å². The van der Waals surface area contributed by atoms with Crippen LogP contribution in [0.3, 0.4) is 0 Å². The Morgan fingerprint density at radius 3 is 2.52 bits per heavy atom. The number of para-hydroxylation sites is 3. The Balaban J connectivity index is 1.47. The van der Waals surface area contributed by atoms with Crippen LogP contribution in [0.5, 0.6) is 0 Å². The molecule has 0 fully saturated rings. The number of amides is 1. The maximum atomic E-state index is 12.5. The van der Waals surface area contributed by atoms with Crippen molar-refractivity contribution in [2.45, 2.75) is 10.6 Å². The molecular formula is C21H16N4O3S. The lowest BCUT2D eigenvalue weighted by molar-refractivity contribution is -0.384. The summed E-state index contributed by atoms with van der Waals surface area (Å²) in [6, 6.07) is 20.9. The van der Waals surface area contributed by atoms with Crippen LogP contribution in [0.25, 0.3) is 11.0 Å². The molecule has 8 heteroatoms. The first-order valence-corrected chi connectivity index (χ1v) is 9.80. The Bertz CT molecular complexity index is 1150. The fourth-order valence-electron chi connectivity index (χ4n) is 2.84. The van der Waals surface area contributed by atoms with Crippen LogP contribution in [0.2, 0.25) is 0 Å². The van der Waals surface area contributed by atoms with E-state index in [-0.39, 0.29) is 11.6 Å². The topological polar surface area (TPSA) is 101 Å². The highest BCUT2D eigenvalue weighted by Gasteiger charge is 2.12. The van der Waals surface area contributed by atoms with Crippen molar-refractivity contribution in [2.24, 2.45) is 0 Å². The van der Waals surface area contributed by atoms with Crippen molar-refractivity contribution in [3.8, 4) is 0 Å². The maximum absolute atomic E-state index is 12.5. The van der Waals surface area contributed by atoms with Crippen molar-refractivity contribution in [3.63, 3.8) is 0 Å². The lowest BCUT2D eigenvalue weighted by Gasteiger charge is -2.10. The van der Waals surface area contributed by atoms with Gasteiger partial charge in [-0.2, -0.15) is 0 Å². The molecule has 1 aromatic heterocycles. The number of H-pyrrole nitrogens is 1. The van der Waals surface area contributed by atoms with E-state index in [2.05, 4.69) is 15.3 Å². The number of carbonyl (C=O) groups excluding carboxylic acids is 1. The van der Waals surface area contributed by atoms with Gasteiger partial charge in [-0.25, -0.2) is 4.98 Å². The fourth-order valence-corrected chi connectivity index (χ4v) is 3.72. The zero-order chi connectivity index (χ0) is 20.2. The number of hydrogen-bond acceptors (Lipinski definition) is 5. The number of aromatic amines is 1. The third-order valence-electron chi connectivity index (χ3n) is 4.28. The van der Waals surface area contributed by atoms with Crippen molar-refractivity contribution in [1.82, 2.24) is 9.97 Å². The lowest BCUT2D eigenvalue weighted by Crippen LogP contribution is -2.12. The summed E-state index contributed by atoms with van der Waals surface area (Å²) in [5.74, 6) is 1.16. The second-order valence-electron chi connectivity index (χ2n) is 6.24. The quantitative estimate of drug-likeness (QED) is 0.267. The number of nitro benzene ring substituents is 1. The molecule has 0 aliphatic carbocycles. The smallest absolute Gasteiger partial charge is 0.269 e. The average molecular weight is 404 g/mol. The number of carbonyl (C=O) groups is 1. The minimum absolute atomic E-state index is 0.0525. The van der Waals surface area contributed by atoms with E-state index in [9.17, 15) is 14.9 Å². The molecule has 0 atom stereocenters. The van der Waals surface area contributed by atoms with E-state index in [1.165, 1.54) is 24.3 Å². The highest BCUT2D eigenvalue weighted by molar-refractivity contribution is 7.98. The van der Waals surface area contributed by atoms with Gasteiger partial charge >= 0.3 is 0 Å². The molecule has 0 aliphatic heterocycles. The molecule has 0 saturated carbocycles. The Hall–Kier alpha value is -3.65. The zero-order valence-corrected chi connectivity index (χ0v) is 16.0. The van der Waals surface area contributed by atoms with Crippen molar-refractivity contribution in [1.29, 1.82) is 0 Å². The third-order valence-corrected chi connectivity index (χ3v) is 5.36. The number of nitrogens with zero attached hydrogens (tertiary/aromatic N) is 2. The van der Waals surface area contributed by atoms with Crippen LogP contribution < -0.4 is 5.32 Å². The minimum atomic E-state index is -0.494. The summed E-state index contributed by atoms with van der Waals surface area (Å²) in [7, 11) is 0. The molecule has 0 unspecified atom stereocenters. The number of hydrogen-bond donors (Lipinski definition) is 2. The summed E-state index contributed by atoms with van der Waals surface area (Å²) < 4.78 is 0. The number of thioether (sulfide) groups is 1. The first-order chi connectivity index (χ1) is 14.1. The number of nitro groups is 1. The Morgan fingerprint density at radius 1 is 1.03 bits per heavy atom. The van der Waals surface area contributed by atoms with Gasteiger partial charge in [0.25, 0.3) is 11.6 Å². The Kier molecular flexibility index (Phi) is 5.26. The Labute approximate surface area is 170 Å². The second-order valence-corrected chi connectivity index (χ2v) is 7.26. The summed E-state index contributed by atoms with van der Waals surface area (Å²) in [5.41, 5.74) is 2.89. The van der Waals surface area contributed by atoms with Gasteiger partial charge in [0, 0.05) is 22.6 Å². The molecule has 2 N–H and O–H groups in total. The van der Waals surface area contributed by atoms with Gasteiger partial charge in [0.05, 0.1) is 27.4 Å². The van der Waals surface area contributed by atoms with Crippen LogP contribution >= 0.6 is 11.8 Å². The van der Waals surface area contributed by atoms with E-state index < -0.39 is 4.92 Å². The average Bonchev–Trinajstić information content (AvgIpc) is 3.16. The van der Waals surface area contributed by atoms with Crippen LogP contribution in [-0.2, 0) is 5.75 Å². The van der Waals surface area contributed by atoms with Gasteiger partial charge in [0.2, 0.25) is 0 Å². The molecule has 0 saturated heterocycles. The highest BCUT2D eigenvalue weighted by atomic mass is 32.2. The van der Waals surface area contributed by atoms with Gasteiger partial charge in [0.1, 0.15) is 5.82 Å². The zero-order valence-electron chi connectivity index (χ0n) is 15.2. The molecule has 29 heavy (non-hydrogen) atoms. The number of benzene rings is 3. The van der Waals surface area contributed by atoms with Gasteiger partial charge in [-0.3, -0.25) is 14.9 Å². The molecule has 4 aromatic rings. The molecule has 4 rings (SSSR count). The van der Waals surface area contributed by atoms with E-state index >= 15 is 0 Å². The number of anilines is 1. The molecule has 1 heterocycles. The second kappa shape index (κ2) is 8.15. The number of nitrogens with one attached hydrogen (secondary N) is 2. The number of rotatable bonds is 6. The monoisotopic (exact) mass is 404 g/mol. The summed E-state index contributed by atoms with van der Waals surface area (Å²) in [6.45, 7) is 0. The van der Waals surface area contributed by atoms with Gasteiger partial charge in [-0.05, 0) is 36.4 Å². The number of fused-ring (bicyclic) bond motifs is 1. The van der Waals surface area contributed by atoms with E-state index in [1.54, 1.807) is 11.8 Å². The minimum Gasteiger partial charge on any atom is -0.341 e. The van der Waals surface area contributed by atoms with Crippen LogP contribution in [-0.4, -0.2) is 20.8 Å². The number of aromatic nitrogens is 2. The van der Waals surface area contributed by atoms with Gasteiger partial charge < -0.3 is 10.3 Å². The first kappa shape index (κ1) is 18.7. The molecule has 0 radical (unpaired) electrons. The fraction of sp³-hybridized carbons (Fsp3) is 0.0476. The van der Waals surface area contributed by atoms with Crippen molar-refractivity contribution >= 4 is 40.1 Å². The standard InChI is InChI=1S/C21H16N4O3S/c26-21(14-9-11-15(12-10-14)25(27)28)24-18-7-3-4-8-19(18)29-13-20-22-16-5-1-2-6-17(16)23-20/h1-12H,13H2,(H,22,23)(H,24,26). The number of non-ortho nitro benzene ring substituents is 1. The predicted octanol–water partition coefficient (Wildman–Crippen LogP) is 5.02. The molecular weight excluding hydrogens is 388 g/mol. The molecule has 1 amide bonds. The van der Waals surface area contributed by atoms with Crippen molar-refractivity contribution < 1.29 is 9.72 Å². The van der Waals surface area contributed by atoms with Gasteiger partial charge in [0.15, 0.2) is 0 Å². The molecule has 0 bridgehead atoms. The van der Waals surface area contributed by atoms with E-state index in [0.717, 1.165) is 21.8 Å². The lowest BCUT2D eigenvalue weighted by atomic mass is 10.2. The summed E-state index contributed by atoms with van der Waals surface area (Å²) in [5, 5.41) is 13.6.